The van der Waals surface area contributed by atoms with Crippen molar-refractivity contribution in [3.63, 3.8) is 0 Å². The van der Waals surface area contributed by atoms with E-state index in [2.05, 4.69) is 19.2 Å². The molecular weight excluding hydrogens is 1060 g/mol. The van der Waals surface area contributed by atoms with Gasteiger partial charge in [-0.1, -0.05) is 406 Å². The quantitative estimate of drug-likeness (QED) is 0.0357. The number of aliphatic hydroxyl groups excluding tert-OH is 1. The summed E-state index contributed by atoms with van der Waals surface area (Å²) >= 11 is 0. The van der Waals surface area contributed by atoms with Gasteiger partial charge in [0, 0.05) is 6.42 Å². The monoisotopic (exact) mass is 1210 g/mol. The molecule has 0 heterocycles. The topological polar surface area (TPSA) is 108 Å². The van der Waals surface area contributed by atoms with Gasteiger partial charge in [-0.05, 0) is 12.8 Å². The first-order valence-corrected chi connectivity index (χ1v) is 39.8. The molecule has 0 saturated heterocycles. The lowest BCUT2D eigenvalue weighted by Crippen LogP contribution is -2.46. The van der Waals surface area contributed by atoms with Crippen molar-refractivity contribution in [3.05, 3.63) is 0 Å². The minimum absolute atomic E-state index is 0.0171. The van der Waals surface area contributed by atoms with Crippen molar-refractivity contribution in [2.75, 3.05) is 40.9 Å². The van der Waals surface area contributed by atoms with E-state index in [-0.39, 0.29) is 19.1 Å². The predicted molar refractivity (Wildman–Crippen MR) is 367 cm³/mol. The van der Waals surface area contributed by atoms with E-state index in [1.54, 1.807) is 0 Å². The van der Waals surface area contributed by atoms with Crippen LogP contribution in [-0.2, 0) is 18.4 Å². The van der Waals surface area contributed by atoms with Crippen molar-refractivity contribution in [2.24, 2.45) is 0 Å². The number of nitrogens with one attached hydrogen (secondary N) is 1. The molecule has 3 unspecified atom stereocenters. The maximum Gasteiger partial charge on any atom is 0.268 e. The van der Waals surface area contributed by atoms with Gasteiger partial charge in [-0.15, -0.1) is 0 Å². The third-order valence-corrected chi connectivity index (χ3v) is 19.3. The summed E-state index contributed by atoms with van der Waals surface area (Å²) in [5.74, 6) is -0.152. The Balaban J connectivity index is 3.92. The number of phosphoric acid groups is 1. The van der Waals surface area contributed by atoms with E-state index in [1.807, 2.05) is 21.1 Å². The molecule has 0 fully saturated rings. The fourth-order valence-electron chi connectivity index (χ4n) is 12.4. The smallest absolute Gasteiger partial charge is 0.268 e. The highest BCUT2D eigenvalue weighted by Crippen LogP contribution is 2.38. The van der Waals surface area contributed by atoms with Crippen LogP contribution in [0.1, 0.15) is 425 Å². The van der Waals surface area contributed by atoms with Crippen LogP contribution in [0.3, 0.4) is 0 Å². The normalized spacial score (nSPS) is 13.5. The second-order valence-corrected chi connectivity index (χ2v) is 29.5. The summed E-state index contributed by atoms with van der Waals surface area (Å²) < 4.78 is 23.6. The zero-order chi connectivity index (χ0) is 61.2. The first-order valence-electron chi connectivity index (χ1n) is 38.4. The lowest BCUT2D eigenvalue weighted by atomic mass is 10.0. The summed E-state index contributed by atoms with van der Waals surface area (Å²) in [5.41, 5.74) is 0. The Labute approximate surface area is 527 Å². The van der Waals surface area contributed by atoms with E-state index >= 15 is 0 Å². The molecule has 0 aromatic rings. The SMILES string of the molecule is CCCCCCCCCCCCCCCCCCCCCCCCCCCCCCCCCCC(=O)NC(COP(=O)([O-])OCC[N+](C)(C)C)C(O)CCCCCCCCCCCCCCCCCCCCCCCCCCCCCCCC. The average Bonchev–Trinajstić information content (AvgIpc) is 3.56. The Hall–Kier alpha value is -0.500. The van der Waals surface area contributed by atoms with Gasteiger partial charge in [0.1, 0.15) is 13.2 Å². The molecule has 2 N–H and O–H groups in total. The van der Waals surface area contributed by atoms with Gasteiger partial charge in [0.05, 0.1) is 39.9 Å². The second kappa shape index (κ2) is 66.9. The number of aliphatic hydroxyl groups is 1. The molecule has 1 amide bonds. The number of unbranched alkanes of at least 4 members (excludes halogenated alkanes) is 60. The van der Waals surface area contributed by atoms with Gasteiger partial charge >= 0.3 is 0 Å². The number of likely N-dealkylation sites (N-methyl/N-ethyl adjacent to an activating group) is 1. The molecule has 0 aliphatic heterocycles. The van der Waals surface area contributed by atoms with Crippen molar-refractivity contribution in [2.45, 2.75) is 437 Å². The summed E-state index contributed by atoms with van der Waals surface area (Å²) in [7, 11) is 1.33. The van der Waals surface area contributed by atoms with Gasteiger partial charge in [-0.3, -0.25) is 9.36 Å². The van der Waals surface area contributed by atoms with Gasteiger partial charge in [0.2, 0.25) is 5.91 Å². The van der Waals surface area contributed by atoms with Gasteiger partial charge in [0.15, 0.2) is 0 Å². The molecule has 0 saturated carbocycles. The third-order valence-electron chi connectivity index (χ3n) is 18.3. The number of hydrogen-bond donors (Lipinski definition) is 2. The second-order valence-electron chi connectivity index (χ2n) is 28.1. The van der Waals surface area contributed by atoms with Crippen molar-refractivity contribution in [3.8, 4) is 0 Å². The molecule has 0 radical (unpaired) electrons. The lowest BCUT2D eigenvalue weighted by Gasteiger charge is -2.30. The van der Waals surface area contributed by atoms with E-state index < -0.39 is 20.0 Å². The molecule has 0 bridgehead atoms. The largest absolute Gasteiger partial charge is 0.756 e. The molecule has 504 valence electrons. The maximum absolute atomic E-state index is 13.1. The lowest BCUT2D eigenvalue weighted by molar-refractivity contribution is -0.870. The highest BCUT2D eigenvalue weighted by molar-refractivity contribution is 7.45. The first-order chi connectivity index (χ1) is 41.0. The Bertz CT molecular complexity index is 1330. The highest BCUT2D eigenvalue weighted by atomic mass is 31.2. The number of hydrogen-bond acceptors (Lipinski definition) is 6. The highest BCUT2D eigenvalue weighted by Gasteiger charge is 2.24. The Morgan fingerprint density at radius 3 is 0.810 bits per heavy atom. The van der Waals surface area contributed by atoms with Gasteiger partial charge < -0.3 is 28.8 Å². The van der Waals surface area contributed by atoms with Crippen LogP contribution in [0, 0.1) is 0 Å². The Kier molecular flexibility index (Phi) is 66.5. The number of nitrogens with zero attached hydrogens (tertiary/aromatic N) is 1. The molecule has 3 atom stereocenters. The van der Waals surface area contributed by atoms with Crippen molar-refractivity contribution in [1.29, 1.82) is 0 Å². The third kappa shape index (κ3) is 69.0. The fraction of sp³-hybridized carbons (Fsp3) is 0.987. The van der Waals surface area contributed by atoms with E-state index in [9.17, 15) is 19.4 Å². The van der Waals surface area contributed by atoms with E-state index in [4.69, 9.17) is 9.05 Å². The van der Waals surface area contributed by atoms with Gasteiger partial charge in [-0.25, -0.2) is 0 Å². The number of quaternary nitrogens is 1. The average molecular weight is 1210 g/mol. The Morgan fingerprint density at radius 2 is 0.583 bits per heavy atom. The summed E-state index contributed by atoms with van der Waals surface area (Å²) in [4.78, 5) is 25.7. The summed E-state index contributed by atoms with van der Waals surface area (Å²) in [6, 6.07) is -0.797. The number of phosphoric ester groups is 1. The van der Waals surface area contributed by atoms with Crippen LogP contribution in [0.15, 0.2) is 0 Å². The molecule has 0 aromatic carbocycles. The first kappa shape index (κ1) is 83.5. The van der Waals surface area contributed by atoms with Crippen LogP contribution in [0.4, 0.5) is 0 Å². The molecule has 0 aliphatic carbocycles. The minimum Gasteiger partial charge on any atom is -0.756 e. The molecule has 0 aromatic heterocycles. The van der Waals surface area contributed by atoms with E-state index in [1.165, 1.54) is 360 Å². The molecule has 84 heavy (non-hydrogen) atoms. The molecular formula is C75H153N2O6P. The molecule has 9 heteroatoms. The van der Waals surface area contributed by atoms with Crippen LogP contribution >= 0.6 is 7.82 Å². The van der Waals surface area contributed by atoms with E-state index in [0.717, 1.165) is 38.5 Å². The summed E-state index contributed by atoms with van der Waals surface area (Å²) in [5, 5.41) is 14.1. The zero-order valence-corrected chi connectivity index (χ0v) is 58.8. The van der Waals surface area contributed by atoms with Crippen molar-refractivity contribution in [1.82, 2.24) is 5.32 Å². The number of amides is 1. The summed E-state index contributed by atoms with van der Waals surface area (Å²) in [6.07, 6.45) is 85.0. The molecule has 8 nitrogen and oxygen atoms in total. The number of carbonyl (C=O) groups excluding carboxylic acids is 1. The minimum atomic E-state index is -4.58. The van der Waals surface area contributed by atoms with Crippen LogP contribution in [0.25, 0.3) is 0 Å². The van der Waals surface area contributed by atoms with E-state index in [0.29, 0.717) is 23.9 Å². The van der Waals surface area contributed by atoms with Crippen molar-refractivity contribution < 1.29 is 32.9 Å². The van der Waals surface area contributed by atoms with Gasteiger partial charge in [-0.2, -0.15) is 0 Å². The zero-order valence-electron chi connectivity index (χ0n) is 57.9. The van der Waals surface area contributed by atoms with Crippen LogP contribution < -0.4 is 10.2 Å². The molecule has 0 spiro atoms. The maximum atomic E-state index is 13.1. The number of rotatable bonds is 73. The molecule has 0 aliphatic rings. The predicted octanol–water partition coefficient (Wildman–Crippen LogP) is 24.0. The van der Waals surface area contributed by atoms with Gasteiger partial charge in [0.25, 0.3) is 7.82 Å². The van der Waals surface area contributed by atoms with Crippen LogP contribution in [0.2, 0.25) is 0 Å². The molecule has 0 rings (SSSR count). The standard InChI is InChI=1S/C75H153N2O6P/c1-6-8-10-12-14-16-18-20-22-24-26-28-30-32-34-36-38-39-41-43-45-47-49-51-53-55-57-59-61-63-65-67-69-75(79)76-73(72-83-84(80,81)82-71-70-77(3,4)5)74(78)68-66-64-62-60-58-56-54-52-50-48-46-44-42-40-37-35-33-31-29-27-25-23-21-19-17-15-13-11-9-7-2/h73-74,78H,6-72H2,1-5H3,(H-,76,79,80,81). The van der Waals surface area contributed by atoms with Crippen LogP contribution in [0.5, 0.6) is 0 Å². The van der Waals surface area contributed by atoms with Crippen molar-refractivity contribution >= 4 is 13.7 Å². The summed E-state index contributed by atoms with van der Waals surface area (Å²) in [6.45, 7) is 4.81. The number of carbonyl (C=O) groups is 1. The Morgan fingerprint density at radius 1 is 0.369 bits per heavy atom. The van der Waals surface area contributed by atoms with Crippen LogP contribution in [-0.4, -0.2) is 68.5 Å². The fourth-order valence-corrected chi connectivity index (χ4v) is 13.1.